The smallest absolute Gasteiger partial charge is 0.189 e. The average molecular weight is 891 g/mol. The van der Waals surface area contributed by atoms with Crippen LogP contribution in [0.2, 0.25) is 25.2 Å². The van der Waals surface area contributed by atoms with Crippen LogP contribution in [0.5, 0.6) is 11.5 Å². The van der Waals surface area contributed by atoms with Gasteiger partial charge in [0, 0.05) is 52.0 Å². The van der Waals surface area contributed by atoms with Gasteiger partial charge in [-0.15, -0.1) is 0 Å². The van der Waals surface area contributed by atoms with Crippen LogP contribution in [0.1, 0.15) is 38.0 Å². The van der Waals surface area contributed by atoms with E-state index in [1.807, 2.05) is 44.2 Å². The third-order valence-corrected chi connectivity index (χ3v) is 10.8. The largest absolute Gasteiger partial charge is 0.467 e. The zero-order chi connectivity index (χ0) is 41.3. The molecule has 8 rings (SSSR count). The molecule has 8 aromatic rings. The van der Waals surface area contributed by atoms with Crippen molar-refractivity contribution in [1.29, 1.82) is 0 Å². The van der Waals surface area contributed by atoms with Gasteiger partial charge in [-0.1, -0.05) is 114 Å². The third kappa shape index (κ3) is 10.7. The number of hydrogen-bond acceptors (Lipinski definition) is 6. The maximum Gasteiger partial charge on any atom is 0.189 e. The van der Waals surface area contributed by atoms with Gasteiger partial charge in [0.15, 0.2) is 13.6 Å². The average Bonchev–Trinajstić information content (AvgIpc) is 3.20. The standard InChI is InChI=1S/C23H19Cl2NO2.C15H18O2.C9H4Cl3N.CH4/c1-3-27-13-28-23-14(2)18-7-5-4-6-15(18)11-19(23)22-21-16(8-9-26-22)10-17(24)12-20(21)25;1-4-16-10-17-15-11(2)9-13-7-5-6-8-14(13)12(15)3;10-6-3-5-1-2-13-9(12)8(5)7(11)4-6;/h4-12H,3,13H2,1-2H3;5-9H,4,10H2,1-3H3;1-4H;1H4. The molecule has 2 aromatic heterocycles. The summed E-state index contributed by atoms with van der Waals surface area (Å²) in [5, 5.41) is 10.9. The summed E-state index contributed by atoms with van der Waals surface area (Å²) in [5.41, 5.74) is 5.02. The molecule has 6 nitrogen and oxygen atoms in total. The van der Waals surface area contributed by atoms with Gasteiger partial charge in [-0.05, 0) is 132 Å². The van der Waals surface area contributed by atoms with Crippen LogP contribution in [0.15, 0.2) is 109 Å². The lowest BCUT2D eigenvalue weighted by Crippen LogP contribution is -2.05. The second-order valence-electron chi connectivity index (χ2n) is 13.2. The topological polar surface area (TPSA) is 62.7 Å². The Kier molecular flexibility index (Phi) is 16.5. The van der Waals surface area contributed by atoms with E-state index in [9.17, 15) is 0 Å². The number of nitrogens with zero attached hydrogens (tertiary/aromatic N) is 2. The van der Waals surface area contributed by atoms with E-state index in [2.05, 4.69) is 79.3 Å². The first-order valence-corrected chi connectivity index (χ1v) is 20.5. The molecule has 2 heterocycles. The fourth-order valence-corrected chi connectivity index (χ4v) is 8.28. The Labute approximate surface area is 370 Å². The Balaban J connectivity index is 0.000000182. The number of hydrogen-bond donors (Lipinski definition) is 0. The lowest BCUT2D eigenvalue weighted by Gasteiger charge is -2.18. The molecule has 0 aliphatic carbocycles. The zero-order valence-electron chi connectivity index (χ0n) is 32.6. The quantitative estimate of drug-likeness (QED) is 0.0817. The summed E-state index contributed by atoms with van der Waals surface area (Å²) >= 11 is 30.4. The molecule has 0 fully saturated rings. The molecule has 0 unspecified atom stereocenters. The van der Waals surface area contributed by atoms with Gasteiger partial charge in [0.1, 0.15) is 16.7 Å². The predicted molar refractivity (Wildman–Crippen MR) is 251 cm³/mol. The Morgan fingerprint density at radius 1 is 0.525 bits per heavy atom. The Morgan fingerprint density at radius 3 is 1.61 bits per heavy atom. The van der Waals surface area contributed by atoms with Gasteiger partial charge in [0.05, 0.1) is 15.7 Å². The van der Waals surface area contributed by atoms with Crippen LogP contribution in [0.4, 0.5) is 0 Å². The first kappa shape index (κ1) is 45.7. The van der Waals surface area contributed by atoms with Crippen molar-refractivity contribution < 1.29 is 18.9 Å². The fourth-order valence-electron chi connectivity index (χ4n) is 6.77. The summed E-state index contributed by atoms with van der Waals surface area (Å²) in [4.78, 5) is 8.59. The minimum absolute atomic E-state index is 0. The van der Waals surface area contributed by atoms with E-state index >= 15 is 0 Å². The van der Waals surface area contributed by atoms with Crippen molar-refractivity contribution in [3.63, 3.8) is 0 Å². The molecule has 11 heteroatoms. The molecular formula is C48H45Cl5N2O4. The summed E-state index contributed by atoms with van der Waals surface area (Å²) in [5.74, 6) is 1.69. The lowest BCUT2D eigenvalue weighted by molar-refractivity contribution is 0.0216. The molecule has 0 spiro atoms. The molecule has 0 aliphatic rings. The van der Waals surface area contributed by atoms with Crippen LogP contribution in [-0.2, 0) is 9.47 Å². The van der Waals surface area contributed by atoms with Crippen molar-refractivity contribution in [2.75, 3.05) is 26.8 Å². The maximum atomic E-state index is 6.56. The first-order chi connectivity index (χ1) is 28.0. The van der Waals surface area contributed by atoms with Crippen molar-refractivity contribution in [3.8, 4) is 22.8 Å². The number of fused-ring (bicyclic) bond motifs is 4. The lowest BCUT2D eigenvalue weighted by atomic mass is 9.96. The summed E-state index contributed by atoms with van der Waals surface area (Å²) < 4.78 is 22.4. The van der Waals surface area contributed by atoms with Gasteiger partial charge in [-0.3, -0.25) is 4.98 Å². The van der Waals surface area contributed by atoms with Crippen molar-refractivity contribution in [2.45, 2.75) is 42.0 Å². The van der Waals surface area contributed by atoms with Gasteiger partial charge < -0.3 is 18.9 Å². The molecule has 6 aromatic carbocycles. The summed E-state index contributed by atoms with van der Waals surface area (Å²) in [6.07, 6.45) is 3.39. The molecule has 0 aliphatic heterocycles. The molecule has 0 N–H and O–H groups in total. The number of rotatable bonds is 9. The van der Waals surface area contributed by atoms with Crippen LogP contribution in [0.25, 0.3) is 54.3 Å². The van der Waals surface area contributed by atoms with Gasteiger partial charge >= 0.3 is 0 Å². The van der Waals surface area contributed by atoms with E-state index in [1.54, 1.807) is 30.6 Å². The Hall–Kier alpha value is -4.37. The van der Waals surface area contributed by atoms with Gasteiger partial charge in [0.25, 0.3) is 0 Å². The summed E-state index contributed by atoms with van der Waals surface area (Å²) in [6.45, 7) is 11.9. The predicted octanol–water partition coefficient (Wildman–Crippen LogP) is 15.7. The van der Waals surface area contributed by atoms with Gasteiger partial charge in [-0.2, -0.15) is 0 Å². The molecular weight excluding hydrogens is 846 g/mol. The highest BCUT2D eigenvalue weighted by Gasteiger charge is 2.19. The van der Waals surface area contributed by atoms with Crippen molar-refractivity contribution in [3.05, 3.63) is 151 Å². The van der Waals surface area contributed by atoms with Gasteiger partial charge in [0.2, 0.25) is 0 Å². The van der Waals surface area contributed by atoms with Crippen LogP contribution < -0.4 is 9.47 Å². The second kappa shape index (κ2) is 21.2. The van der Waals surface area contributed by atoms with Crippen LogP contribution >= 0.6 is 58.0 Å². The number of ether oxygens (including phenoxy) is 4. The molecule has 59 heavy (non-hydrogen) atoms. The fraction of sp³-hybridized carbons (Fsp3) is 0.208. The van der Waals surface area contributed by atoms with E-state index in [0.717, 1.165) is 66.2 Å². The van der Waals surface area contributed by atoms with E-state index in [-0.39, 0.29) is 14.2 Å². The number of benzene rings is 6. The first-order valence-electron chi connectivity index (χ1n) is 18.6. The van der Waals surface area contributed by atoms with Gasteiger partial charge in [-0.25, -0.2) is 4.98 Å². The van der Waals surface area contributed by atoms with E-state index in [1.165, 1.54) is 16.3 Å². The van der Waals surface area contributed by atoms with E-state index in [0.29, 0.717) is 45.3 Å². The number of pyridine rings is 2. The number of halogens is 5. The second-order valence-corrected chi connectivity index (χ2v) is 15.3. The number of aromatic nitrogens is 2. The molecule has 0 radical (unpaired) electrons. The third-order valence-electron chi connectivity index (χ3n) is 9.44. The Morgan fingerprint density at radius 2 is 1.02 bits per heavy atom. The molecule has 0 saturated heterocycles. The molecule has 0 atom stereocenters. The number of aryl methyl sites for hydroxylation is 3. The highest BCUT2D eigenvalue weighted by atomic mass is 35.5. The van der Waals surface area contributed by atoms with Crippen LogP contribution in [0.3, 0.4) is 0 Å². The van der Waals surface area contributed by atoms with Crippen LogP contribution in [0, 0.1) is 20.8 Å². The van der Waals surface area contributed by atoms with Crippen molar-refractivity contribution in [1.82, 2.24) is 9.97 Å². The maximum absolute atomic E-state index is 6.56. The zero-order valence-corrected chi connectivity index (χ0v) is 36.4. The molecule has 306 valence electrons. The SMILES string of the molecule is C.CCOCOc1c(-c2nccc3cc(Cl)cc(Cl)c23)cc2ccccc2c1C.CCOCOc1c(C)cc2ccccc2c1C.Clc1cc(Cl)c2c(Cl)nccc2c1. The van der Waals surface area contributed by atoms with Crippen molar-refractivity contribution in [2.24, 2.45) is 0 Å². The summed E-state index contributed by atoms with van der Waals surface area (Å²) in [6, 6.07) is 31.6. The normalized spacial score (nSPS) is 10.8. The summed E-state index contributed by atoms with van der Waals surface area (Å²) in [7, 11) is 0. The molecule has 0 amide bonds. The van der Waals surface area contributed by atoms with E-state index < -0.39 is 0 Å². The van der Waals surface area contributed by atoms with Crippen molar-refractivity contribution >= 4 is 101 Å². The minimum Gasteiger partial charge on any atom is -0.467 e. The minimum atomic E-state index is 0. The molecule has 0 saturated carbocycles. The van der Waals surface area contributed by atoms with E-state index in [4.69, 9.17) is 77.0 Å². The Bertz CT molecular complexity index is 2730. The molecule has 0 bridgehead atoms. The highest BCUT2D eigenvalue weighted by molar-refractivity contribution is 6.43. The highest BCUT2D eigenvalue weighted by Crippen LogP contribution is 2.42. The monoisotopic (exact) mass is 888 g/mol. The van der Waals surface area contributed by atoms with Crippen LogP contribution in [-0.4, -0.2) is 36.8 Å².